The fourth-order valence-corrected chi connectivity index (χ4v) is 2.23. The lowest BCUT2D eigenvalue weighted by molar-refractivity contribution is 0.260. The third kappa shape index (κ3) is 3.32. The molecule has 0 saturated carbocycles. The van der Waals surface area contributed by atoms with Gasteiger partial charge in [0.05, 0.1) is 29.9 Å². The van der Waals surface area contributed by atoms with E-state index < -0.39 is 0 Å². The number of hydrogen-bond donors (Lipinski definition) is 0. The van der Waals surface area contributed by atoms with E-state index in [1.165, 1.54) is 0 Å². The van der Waals surface area contributed by atoms with Gasteiger partial charge in [0.2, 0.25) is 11.8 Å². The van der Waals surface area contributed by atoms with Gasteiger partial charge in [0, 0.05) is 0 Å². The van der Waals surface area contributed by atoms with Crippen LogP contribution >= 0.6 is 11.6 Å². The molecule has 21 heavy (non-hydrogen) atoms. The van der Waals surface area contributed by atoms with Gasteiger partial charge in [-0.3, -0.25) is 4.90 Å². The van der Waals surface area contributed by atoms with E-state index >= 15 is 0 Å². The molecule has 0 amide bonds. The minimum absolute atomic E-state index is 0.432. The van der Waals surface area contributed by atoms with E-state index in [1.807, 2.05) is 42.3 Å². The Morgan fingerprint density at radius 2 is 1.95 bits per heavy atom. The average molecular weight is 304 g/mol. The van der Waals surface area contributed by atoms with Crippen molar-refractivity contribution in [1.29, 1.82) is 0 Å². The van der Waals surface area contributed by atoms with Gasteiger partial charge >= 0.3 is 0 Å². The Kier molecular flexibility index (Phi) is 4.03. The third-order valence-corrected chi connectivity index (χ3v) is 3.31. The molecule has 0 atom stereocenters. The zero-order valence-electron chi connectivity index (χ0n) is 11.5. The first-order chi connectivity index (χ1) is 10.2. The van der Waals surface area contributed by atoms with Crippen LogP contribution in [-0.2, 0) is 13.1 Å². The molecule has 2 aromatic heterocycles. The Bertz CT molecular complexity index is 709. The topological polar surface area (TPSA) is 55.3 Å². The lowest BCUT2D eigenvalue weighted by Gasteiger charge is -2.11. The van der Waals surface area contributed by atoms with E-state index in [0.29, 0.717) is 29.9 Å². The normalized spacial score (nSPS) is 11.2. The van der Waals surface area contributed by atoms with Gasteiger partial charge in [-0.1, -0.05) is 23.7 Å². The maximum atomic E-state index is 6.12. The number of nitrogens with zero attached hydrogens (tertiary/aromatic N) is 3. The molecule has 3 rings (SSSR count). The average Bonchev–Trinajstić information content (AvgIpc) is 3.11. The van der Waals surface area contributed by atoms with Crippen LogP contribution in [-0.4, -0.2) is 22.1 Å². The second-order valence-corrected chi connectivity index (χ2v) is 5.14. The van der Waals surface area contributed by atoms with E-state index in [1.54, 1.807) is 12.3 Å². The van der Waals surface area contributed by atoms with Crippen molar-refractivity contribution in [3.05, 3.63) is 59.3 Å². The summed E-state index contributed by atoms with van der Waals surface area (Å²) in [7, 11) is 1.96. The van der Waals surface area contributed by atoms with Gasteiger partial charge < -0.3 is 8.83 Å². The number of halogens is 1. The molecule has 0 aliphatic heterocycles. The SMILES string of the molecule is CN(Cc1ccco1)Cc1nnc(-c2ccccc2Cl)o1. The summed E-state index contributed by atoms with van der Waals surface area (Å²) in [5.74, 6) is 1.87. The van der Waals surface area contributed by atoms with E-state index in [-0.39, 0.29) is 0 Å². The van der Waals surface area contributed by atoms with Crippen LogP contribution in [0.5, 0.6) is 0 Å². The fourth-order valence-electron chi connectivity index (χ4n) is 2.02. The number of furan rings is 1. The summed E-state index contributed by atoms with van der Waals surface area (Å²) in [6, 6.07) is 11.2. The Morgan fingerprint density at radius 3 is 2.71 bits per heavy atom. The number of hydrogen-bond acceptors (Lipinski definition) is 5. The van der Waals surface area contributed by atoms with Crippen LogP contribution in [0.25, 0.3) is 11.5 Å². The molecule has 0 N–H and O–H groups in total. The van der Waals surface area contributed by atoms with Crippen molar-refractivity contribution in [3.8, 4) is 11.5 Å². The van der Waals surface area contributed by atoms with Gasteiger partial charge in [0.15, 0.2) is 0 Å². The maximum Gasteiger partial charge on any atom is 0.249 e. The predicted molar refractivity (Wildman–Crippen MR) is 78.6 cm³/mol. The van der Waals surface area contributed by atoms with Crippen LogP contribution in [0.3, 0.4) is 0 Å². The first kappa shape index (κ1) is 13.9. The molecule has 108 valence electrons. The molecule has 0 fully saturated rings. The van der Waals surface area contributed by atoms with E-state index in [4.69, 9.17) is 20.4 Å². The molecule has 6 heteroatoms. The van der Waals surface area contributed by atoms with Gasteiger partial charge in [-0.15, -0.1) is 10.2 Å². The summed E-state index contributed by atoms with van der Waals surface area (Å²) in [6.07, 6.45) is 1.66. The summed E-state index contributed by atoms with van der Waals surface area (Å²) < 4.78 is 11.0. The smallest absolute Gasteiger partial charge is 0.249 e. The molecule has 0 aliphatic rings. The van der Waals surface area contributed by atoms with Gasteiger partial charge in [-0.05, 0) is 31.3 Å². The van der Waals surface area contributed by atoms with Crippen LogP contribution in [0.15, 0.2) is 51.5 Å². The van der Waals surface area contributed by atoms with Crippen LogP contribution in [0.4, 0.5) is 0 Å². The van der Waals surface area contributed by atoms with Crippen molar-refractivity contribution >= 4 is 11.6 Å². The lowest BCUT2D eigenvalue weighted by atomic mass is 10.2. The summed E-state index contributed by atoms with van der Waals surface area (Å²) in [6.45, 7) is 1.22. The zero-order chi connectivity index (χ0) is 14.7. The minimum Gasteiger partial charge on any atom is -0.468 e. The van der Waals surface area contributed by atoms with Crippen molar-refractivity contribution in [2.24, 2.45) is 0 Å². The zero-order valence-corrected chi connectivity index (χ0v) is 12.2. The molecule has 0 saturated heterocycles. The summed E-state index contributed by atoms with van der Waals surface area (Å²) in [5, 5.41) is 8.70. The van der Waals surface area contributed by atoms with Gasteiger partial charge in [0.1, 0.15) is 5.76 Å². The number of aromatic nitrogens is 2. The highest BCUT2D eigenvalue weighted by molar-refractivity contribution is 6.33. The molecule has 1 aromatic carbocycles. The molecule has 0 aliphatic carbocycles. The Labute approximate surface area is 127 Å². The van der Waals surface area contributed by atoms with E-state index in [9.17, 15) is 0 Å². The second kappa shape index (κ2) is 6.11. The van der Waals surface area contributed by atoms with E-state index in [0.717, 1.165) is 11.3 Å². The van der Waals surface area contributed by atoms with Crippen molar-refractivity contribution in [2.75, 3.05) is 7.05 Å². The quantitative estimate of drug-likeness (QED) is 0.720. The van der Waals surface area contributed by atoms with Crippen LogP contribution in [0.2, 0.25) is 5.02 Å². The molecule has 5 nitrogen and oxygen atoms in total. The van der Waals surface area contributed by atoms with Crippen LogP contribution < -0.4 is 0 Å². The predicted octanol–water partition coefficient (Wildman–Crippen LogP) is 3.62. The highest BCUT2D eigenvalue weighted by Crippen LogP contribution is 2.26. The summed E-state index contributed by atoms with van der Waals surface area (Å²) >= 11 is 6.12. The fraction of sp³-hybridized carbons (Fsp3) is 0.200. The number of rotatable bonds is 5. The Balaban J connectivity index is 1.69. The van der Waals surface area contributed by atoms with Crippen molar-refractivity contribution < 1.29 is 8.83 Å². The first-order valence-corrected chi connectivity index (χ1v) is 6.88. The van der Waals surface area contributed by atoms with Gasteiger partial charge in [-0.2, -0.15) is 0 Å². The van der Waals surface area contributed by atoms with Crippen LogP contribution in [0.1, 0.15) is 11.7 Å². The Morgan fingerprint density at radius 1 is 1.10 bits per heavy atom. The molecule has 0 radical (unpaired) electrons. The molecule has 2 heterocycles. The molecule has 0 spiro atoms. The molecule has 3 aromatic rings. The van der Waals surface area contributed by atoms with Crippen molar-refractivity contribution in [3.63, 3.8) is 0 Å². The minimum atomic E-state index is 0.432. The highest BCUT2D eigenvalue weighted by atomic mass is 35.5. The van der Waals surface area contributed by atoms with Crippen molar-refractivity contribution in [2.45, 2.75) is 13.1 Å². The van der Waals surface area contributed by atoms with Crippen molar-refractivity contribution in [1.82, 2.24) is 15.1 Å². The summed E-state index contributed by atoms with van der Waals surface area (Å²) in [5.41, 5.74) is 0.742. The Hall–Kier alpha value is -2.11. The molecule has 0 bridgehead atoms. The summed E-state index contributed by atoms with van der Waals surface area (Å²) in [4.78, 5) is 2.03. The number of benzene rings is 1. The van der Waals surface area contributed by atoms with Gasteiger partial charge in [-0.25, -0.2) is 0 Å². The molecule has 0 unspecified atom stereocenters. The standard InChI is InChI=1S/C15H14ClN3O2/c1-19(9-11-5-4-8-20-11)10-14-17-18-15(21-14)12-6-2-3-7-13(12)16/h2-8H,9-10H2,1H3. The monoisotopic (exact) mass is 303 g/mol. The largest absolute Gasteiger partial charge is 0.468 e. The maximum absolute atomic E-state index is 6.12. The first-order valence-electron chi connectivity index (χ1n) is 6.50. The highest BCUT2D eigenvalue weighted by Gasteiger charge is 2.13. The lowest BCUT2D eigenvalue weighted by Crippen LogP contribution is -2.17. The van der Waals surface area contributed by atoms with Gasteiger partial charge in [0.25, 0.3) is 0 Å². The third-order valence-electron chi connectivity index (χ3n) is 2.98. The molecular formula is C15H14ClN3O2. The molecular weight excluding hydrogens is 290 g/mol. The van der Waals surface area contributed by atoms with E-state index in [2.05, 4.69) is 10.2 Å². The van der Waals surface area contributed by atoms with Crippen LogP contribution in [0, 0.1) is 0 Å². The second-order valence-electron chi connectivity index (χ2n) is 4.73.